The molecule has 22 heavy (non-hydrogen) atoms. The highest BCUT2D eigenvalue weighted by molar-refractivity contribution is 5.82. The van der Waals surface area contributed by atoms with E-state index in [1.807, 2.05) is 23.6 Å². The topological polar surface area (TPSA) is 69.9 Å². The van der Waals surface area contributed by atoms with Crippen LogP contribution in [0.1, 0.15) is 33.1 Å². The molecule has 2 N–H and O–H groups in total. The number of nitrogens with two attached hydrogens (primary N) is 1. The molecule has 6 nitrogen and oxygen atoms in total. The molecule has 2 heterocycles. The molecule has 2 aliphatic heterocycles. The Morgan fingerprint density at radius 3 is 2.18 bits per heavy atom. The minimum Gasteiger partial charge on any atom is -0.342 e. The standard InChI is InChI=1S/C16H30N4O2/c1-13(2)15(17)16(22)20-9-5-6-18(10-11-20)12-14(21)19-7-3-4-8-19/h13,15H,3-12,17H2,1-2H3/t15-/m0/s1. The third kappa shape index (κ3) is 4.43. The fourth-order valence-electron chi connectivity index (χ4n) is 3.10. The summed E-state index contributed by atoms with van der Waals surface area (Å²) >= 11 is 0. The Hall–Kier alpha value is -1.14. The number of carbonyl (C=O) groups is 2. The first-order chi connectivity index (χ1) is 10.5. The molecule has 0 aliphatic carbocycles. The molecule has 1 atom stereocenters. The summed E-state index contributed by atoms with van der Waals surface area (Å²) in [5.74, 6) is 0.433. The minimum absolute atomic E-state index is 0.0442. The van der Waals surface area contributed by atoms with Gasteiger partial charge in [0, 0.05) is 39.3 Å². The molecule has 0 spiro atoms. The molecule has 6 heteroatoms. The first kappa shape index (κ1) is 17.2. The Morgan fingerprint density at radius 2 is 1.55 bits per heavy atom. The van der Waals surface area contributed by atoms with Gasteiger partial charge in [0.1, 0.15) is 0 Å². The minimum atomic E-state index is -0.419. The van der Waals surface area contributed by atoms with Gasteiger partial charge in [-0.3, -0.25) is 14.5 Å². The van der Waals surface area contributed by atoms with Gasteiger partial charge in [-0.15, -0.1) is 0 Å². The zero-order chi connectivity index (χ0) is 16.1. The lowest BCUT2D eigenvalue weighted by atomic mass is 10.0. The Balaban J connectivity index is 1.81. The van der Waals surface area contributed by atoms with Crippen LogP contribution in [0.15, 0.2) is 0 Å². The van der Waals surface area contributed by atoms with Crippen molar-refractivity contribution < 1.29 is 9.59 Å². The molecule has 0 aromatic rings. The number of nitrogens with zero attached hydrogens (tertiary/aromatic N) is 3. The van der Waals surface area contributed by atoms with E-state index in [4.69, 9.17) is 5.73 Å². The largest absolute Gasteiger partial charge is 0.342 e. The number of rotatable bonds is 4. The summed E-state index contributed by atoms with van der Waals surface area (Å²) in [4.78, 5) is 30.6. The molecular formula is C16H30N4O2. The Labute approximate surface area is 133 Å². The van der Waals surface area contributed by atoms with Gasteiger partial charge in [0.25, 0.3) is 0 Å². The monoisotopic (exact) mass is 310 g/mol. The molecule has 2 amide bonds. The van der Waals surface area contributed by atoms with Crippen LogP contribution in [0.25, 0.3) is 0 Å². The molecule has 0 unspecified atom stereocenters. The second-order valence-electron chi connectivity index (χ2n) is 6.81. The molecule has 2 saturated heterocycles. The van der Waals surface area contributed by atoms with E-state index in [2.05, 4.69) is 4.90 Å². The van der Waals surface area contributed by atoms with Crippen LogP contribution in [0.5, 0.6) is 0 Å². The van der Waals surface area contributed by atoms with E-state index in [0.29, 0.717) is 13.1 Å². The van der Waals surface area contributed by atoms with Gasteiger partial charge in [0.05, 0.1) is 12.6 Å². The second kappa shape index (κ2) is 7.92. The average molecular weight is 310 g/mol. The van der Waals surface area contributed by atoms with Gasteiger partial charge >= 0.3 is 0 Å². The van der Waals surface area contributed by atoms with Gasteiger partial charge in [0.15, 0.2) is 0 Å². The van der Waals surface area contributed by atoms with Gasteiger partial charge in [-0.1, -0.05) is 13.8 Å². The Kier molecular flexibility index (Phi) is 6.20. The normalized spacial score (nSPS) is 22.0. The van der Waals surface area contributed by atoms with Crippen molar-refractivity contribution in [2.75, 3.05) is 45.8 Å². The molecule has 126 valence electrons. The van der Waals surface area contributed by atoms with Gasteiger partial charge < -0.3 is 15.5 Å². The Morgan fingerprint density at radius 1 is 0.909 bits per heavy atom. The quantitative estimate of drug-likeness (QED) is 0.801. The van der Waals surface area contributed by atoms with Crippen LogP contribution in [0.4, 0.5) is 0 Å². The molecular weight excluding hydrogens is 280 g/mol. The molecule has 2 rings (SSSR count). The maximum Gasteiger partial charge on any atom is 0.239 e. The predicted molar refractivity (Wildman–Crippen MR) is 86.3 cm³/mol. The number of hydrogen-bond donors (Lipinski definition) is 1. The highest BCUT2D eigenvalue weighted by Crippen LogP contribution is 2.11. The van der Waals surface area contributed by atoms with Crippen molar-refractivity contribution in [1.29, 1.82) is 0 Å². The van der Waals surface area contributed by atoms with Crippen LogP contribution in [-0.2, 0) is 9.59 Å². The fraction of sp³-hybridized carbons (Fsp3) is 0.875. The first-order valence-electron chi connectivity index (χ1n) is 8.53. The van der Waals surface area contributed by atoms with E-state index >= 15 is 0 Å². The van der Waals surface area contributed by atoms with E-state index in [-0.39, 0.29) is 17.7 Å². The van der Waals surface area contributed by atoms with E-state index in [0.717, 1.165) is 52.0 Å². The van der Waals surface area contributed by atoms with E-state index in [1.54, 1.807) is 0 Å². The lowest BCUT2D eigenvalue weighted by Crippen LogP contribution is -2.48. The van der Waals surface area contributed by atoms with Crippen molar-refractivity contribution in [3.63, 3.8) is 0 Å². The Bertz CT molecular complexity index is 394. The summed E-state index contributed by atoms with van der Waals surface area (Å²) in [5, 5.41) is 0. The van der Waals surface area contributed by atoms with Crippen molar-refractivity contribution >= 4 is 11.8 Å². The number of amides is 2. The predicted octanol–water partition coefficient (Wildman–Crippen LogP) is 0.126. The fourth-order valence-corrected chi connectivity index (χ4v) is 3.10. The van der Waals surface area contributed by atoms with Crippen molar-refractivity contribution in [2.45, 2.75) is 39.2 Å². The molecule has 2 fully saturated rings. The van der Waals surface area contributed by atoms with Crippen LogP contribution >= 0.6 is 0 Å². The summed E-state index contributed by atoms with van der Waals surface area (Å²) in [6.45, 7) is 9.29. The number of hydrogen-bond acceptors (Lipinski definition) is 4. The highest BCUT2D eigenvalue weighted by Gasteiger charge is 2.27. The van der Waals surface area contributed by atoms with E-state index in [1.165, 1.54) is 0 Å². The lowest BCUT2D eigenvalue weighted by molar-refractivity contribution is -0.133. The van der Waals surface area contributed by atoms with Crippen molar-refractivity contribution in [2.24, 2.45) is 11.7 Å². The van der Waals surface area contributed by atoms with Crippen molar-refractivity contribution in [1.82, 2.24) is 14.7 Å². The number of likely N-dealkylation sites (tertiary alicyclic amines) is 1. The van der Waals surface area contributed by atoms with Crippen LogP contribution in [0.2, 0.25) is 0 Å². The maximum absolute atomic E-state index is 12.3. The molecule has 0 saturated carbocycles. The molecule has 0 bridgehead atoms. The van der Waals surface area contributed by atoms with Gasteiger partial charge in [-0.25, -0.2) is 0 Å². The second-order valence-corrected chi connectivity index (χ2v) is 6.81. The van der Waals surface area contributed by atoms with Gasteiger partial charge in [-0.05, 0) is 25.2 Å². The van der Waals surface area contributed by atoms with Gasteiger partial charge in [-0.2, -0.15) is 0 Å². The zero-order valence-electron chi connectivity index (χ0n) is 14.0. The maximum atomic E-state index is 12.3. The summed E-state index contributed by atoms with van der Waals surface area (Å²) < 4.78 is 0. The van der Waals surface area contributed by atoms with Gasteiger partial charge in [0.2, 0.25) is 11.8 Å². The van der Waals surface area contributed by atoms with E-state index in [9.17, 15) is 9.59 Å². The van der Waals surface area contributed by atoms with Crippen LogP contribution < -0.4 is 5.73 Å². The third-order valence-corrected chi connectivity index (χ3v) is 4.72. The first-order valence-corrected chi connectivity index (χ1v) is 8.53. The smallest absolute Gasteiger partial charge is 0.239 e. The molecule has 0 aromatic heterocycles. The zero-order valence-corrected chi connectivity index (χ0v) is 14.0. The van der Waals surface area contributed by atoms with Crippen LogP contribution in [0.3, 0.4) is 0 Å². The van der Waals surface area contributed by atoms with E-state index < -0.39 is 6.04 Å². The third-order valence-electron chi connectivity index (χ3n) is 4.72. The molecule has 0 aromatic carbocycles. The average Bonchev–Trinajstić information content (AvgIpc) is 2.93. The number of carbonyl (C=O) groups excluding carboxylic acids is 2. The van der Waals surface area contributed by atoms with Crippen LogP contribution in [-0.4, -0.2) is 78.4 Å². The van der Waals surface area contributed by atoms with Crippen LogP contribution in [0, 0.1) is 5.92 Å². The summed E-state index contributed by atoms with van der Waals surface area (Å²) in [7, 11) is 0. The lowest BCUT2D eigenvalue weighted by Gasteiger charge is -2.26. The van der Waals surface area contributed by atoms with Crippen molar-refractivity contribution in [3.8, 4) is 0 Å². The highest BCUT2D eigenvalue weighted by atomic mass is 16.2. The SMILES string of the molecule is CC(C)[C@H](N)C(=O)N1CCCN(CC(=O)N2CCCC2)CC1. The molecule has 0 radical (unpaired) electrons. The summed E-state index contributed by atoms with van der Waals surface area (Å²) in [6, 6.07) is -0.419. The van der Waals surface area contributed by atoms with Crippen molar-refractivity contribution in [3.05, 3.63) is 0 Å². The summed E-state index contributed by atoms with van der Waals surface area (Å²) in [6.07, 6.45) is 3.16. The molecule has 2 aliphatic rings. The summed E-state index contributed by atoms with van der Waals surface area (Å²) in [5.41, 5.74) is 5.97.